The molecule has 39 heavy (non-hydrogen) atoms. The Morgan fingerprint density at radius 3 is 2.18 bits per heavy atom. The first-order chi connectivity index (χ1) is 18.5. The van der Waals surface area contributed by atoms with Gasteiger partial charge < -0.3 is 19.5 Å². The smallest absolute Gasteiger partial charge is 0.410 e. The summed E-state index contributed by atoms with van der Waals surface area (Å²) >= 11 is 0. The predicted octanol–water partition coefficient (Wildman–Crippen LogP) is 4.49. The van der Waals surface area contributed by atoms with E-state index in [0.717, 1.165) is 22.3 Å². The number of aromatic nitrogens is 2. The van der Waals surface area contributed by atoms with Crippen molar-refractivity contribution in [2.75, 3.05) is 19.7 Å². The van der Waals surface area contributed by atoms with E-state index in [9.17, 15) is 19.5 Å². The molecule has 204 valence electrons. The number of fused-ring (bicyclic) bond motifs is 3. The van der Waals surface area contributed by atoms with Gasteiger partial charge in [-0.15, -0.1) is 0 Å². The van der Waals surface area contributed by atoms with Crippen LogP contribution in [0.5, 0.6) is 0 Å². The van der Waals surface area contributed by atoms with Gasteiger partial charge in [0, 0.05) is 37.8 Å². The highest BCUT2D eigenvalue weighted by molar-refractivity contribution is 5.87. The van der Waals surface area contributed by atoms with Crippen molar-refractivity contribution >= 4 is 18.2 Å². The summed E-state index contributed by atoms with van der Waals surface area (Å²) in [5.74, 6) is -1.29. The number of carbonyl (C=O) groups excluding carboxylic acids is 2. The van der Waals surface area contributed by atoms with E-state index in [1.165, 1.54) is 14.5 Å². The second kappa shape index (κ2) is 10.1. The number of aromatic carboxylic acids is 1. The maximum atomic E-state index is 13.6. The summed E-state index contributed by atoms with van der Waals surface area (Å²) in [7, 11) is 1.63. The van der Waals surface area contributed by atoms with E-state index in [0.29, 0.717) is 5.56 Å². The van der Waals surface area contributed by atoms with Gasteiger partial charge in [-0.3, -0.25) is 9.58 Å². The number of benzene rings is 2. The Kier molecular flexibility index (Phi) is 6.80. The molecule has 2 aliphatic rings. The van der Waals surface area contributed by atoms with Gasteiger partial charge in [0.2, 0.25) is 0 Å². The molecule has 2 aromatic carbocycles. The number of rotatable bonds is 6. The Balaban J connectivity index is 1.34. The first-order valence-electron chi connectivity index (χ1n) is 12.9. The molecule has 0 spiro atoms. The molecular formula is C29H32N4O6. The molecule has 0 radical (unpaired) electrons. The molecule has 1 aliphatic heterocycles. The fraction of sp³-hybridized carbons (Fsp3) is 0.379. The van der Waals surface area contributed by atoms with E-state index in [2.05, 4.69) is 17.2 Å². The maximum Gasteiger partial charge on any atom is 0.410 e. The number of hydrogen-bond donors (Lipinski definition) is 1. The number of nitrogens with zero attached hydrogens (tertiary/aromatic N) is 4. The first-order valence-corrected chi connectivity index (χ1v) is 12.9. The summed E-state index contributed by atoms with van der Waals surface area (Å²) in [6.45, 7) is 6.00. The topological polar surface area (TPSA) is 114 Å². The summed E-state index contributed by atoms with van der Waals surface area (Å²) in [5.41, 5.74) is 4.06. The third kappa shape index (κ3) is 5.32. The van der Waals surface area contributed by atoms with Gasteiger partial charge in [0.1, 0.15) is 12.2 Å². The molecule has 1 aromatic heterocycles. The molecule has 1 saturated heterocycles. The van der Waals surface area contributed by atoms with Gasteiger partial charge in [0.05, 0.1) is 12.6 Å². The van der Waals surface area contributed by atoms with E-state index < -0.39 is 23.8 Å². The van der Waals surface area contributed by atoms with Gasteiger partial charge >= 0.3 is 18.2 Å². The van der Waals surface area contributed by atoms with Crippen LogP contribution in [-0.2, 0) is 23.1 Å². The molecule has 2 heterocycles. The van der Waals surface area contributed by atoms with Gasteiger partial charge in [-0.1, -0.05) is 48.5 Å². The Labute approximate surface area is 226 Å². The number of hydrogen-bond acceptors (Lipinski definition) is 6. The van der Waals surface area contributed by atoms with Gasteiger partial charge in [0.25, 0.3) is 0 Å². The summed E-state index contributed by atoms with van der Waals surface area (Å²) < 4.78 is 12.7. The fourth-order valence-corrected chi connectivity index (χ4v) is 5.16. The van der Waals surface area contributed by atoms with E-state index in [-0.39, 0.29) is 43.9 Å². The van der Waals surface area contributed by atoms with Crippen molar-refractivity contribution in [3.63, 3.8) is 0 Å². The molecular weight excluding hydrogens is 500 g/mol. The summed E-state index contributed by atoms with van der Waals surface area (Å²) in [6, 6.07) is 15.8. The standard InChI is InChI=1S/C29H32N4O6/c1-29(2,3)39-27(36)32-15-19(16-32)33(14-18-13-31(4)30-25(18)26(34)35)28(37)38-17-24-22-11-7-5-9-20(22)21-10-6-8-12-23(21)24/h5-13,19,24H,14-17H2,1-4H3,(H,34,35). The molecule has 3 aromatic rings. The highest BCUT2D eigenvalue weighted by Gasteiger charge is 2.41. The Hall–Kier alpha value is -4.34. The van der Waals surface area contributed by atoms with Crippen molar-refractivity contribution in [1.29, 1.82) is 0 Å². The zero-order valence-electron chi connectivity index (χ0n) is 22.5. The number of ether oxygens (including phenoxy) is 2. The molecule has 1 aliphatic carbocycles. The number of amides is 2. The SMILES string of the molecule is Cn1cc(CN(C(=O)OCC2c3ccccc3-c3ccccc32)C2CN(C(=O)OC(C)(C)C)C2)c(C(=O)O)n1. The van der Waals surface area contributed by atoms with Crippen LogP contribution in [0.2, 0.25) is 0 Å². The molecule has 0 atom stereocenters. The second-order valence-corrected chi connectivity index (χ2v) is 11.0. The lowest BCUT2D eigenvalue weighted by atomic mass is 9.98. The normalized spacial score (nSPS) is 14.8. The minimum atomic E-state index is -1.18. The second-order valence-electron chi connectivity index (χ2n) is 11.0. The van der Waals surface area contributed by atoms with Gasteiger partial charge in [-0.2, -0.15) is 5.10 Å². The largest absolute Gasteiger partial charge is 0.476 e. The molecule has 10 nitrogen and oxygen atoms in total. The zero-order valence-corrected chi connectivity index (χ0v) is 22.5. The molecule has 1 fully saturated rings. The van der Waals surface area contributed by atoms with Crippen LogP contribution >= 0.6 is 0 Å². The predicted molar refractivity (Wildman–Crippen MR) is 142 cm³/mol. The van der Waals surface area contributed by atoms with E-state index in [1.807, 2.05) is 36.4 Å². The lowest BCUT2D eigenvalue weighted by molar-refractivity contribution is -0.0176. The van der Waals surface area contributed by atoms with E-state index in [4.69, 9.17) is 9.47 Å². The monoisotopic (exact) mass is 532 g/mol. The Morgan fingerprint density at radius 2 is 1.62 bits per heavy atom. The minimum Gasteiger partial charge on any atom is -0.476 e. The molecule has 2 amide bonds. The molecule has 1 N–H and O–H groups in total. The quantitative estimate of drug-likeness (QED) is 0.498. The third-order valence-corrected chi connectivity index (χ3v) is 6.97. The van der Waals surface area contributed by atoms with Crippen molar-refractivity contribution in [3.05, 3.63) is 77.1 Å². The van der Waals surface area contributed by atoms with Crippen LogP contribution in [0, 0.1) is 0 Å². The van der Waals surface area contributed by atoms with E-state index >= 15 is 0 Å². The summed E-state index contributed by atoms with van der Waals surface area (Å²) in [6.07, 6.45) is 0.544. The van der Waals surface area contributed by atoms with Crippen LogP contribution in [0.15, 0.2) is 54.7 Å². The first kappa shape index (κ1) is 26.3. The fourth-order valence-electron chi connectivity index (χ4n) is 5.16. The van der Waals surface area contributed by atoms with Crippen LogP contribution in [-0.4, -0.2) is 74.2 Å². The van der Waals surface area contributed by atoms with Crippen molar-refractivity contribution in [1.82, 2.24) is 19.6 Å². The van der Waals surface area contributed by atoms with Crippen LogP contribution < -0.4 is 0 Å². The number of carbonyl (C=O) groups is 3. The van der Waals surface area contributed by atoms with Crippen molar-refractivity contribution < 1.29 is 29.0 Å². The molecule has 0 saturated carbocycles. The highest BCUT2D eigenvalue weighted by atomic mass is 16.6. The van der Waals surface area contributed by atoms with Crippen LogP contribution in [0.1, 0.15) is 53.9 Å². The van der Waals surface area contributed by atoms with Gasteiger partial charge in [0.15, 0.2) is 5.69 Å². The molecule has 5 rings (SSSR count). The van der Waals surface area contributed by atoms with Crippen molar-refractivity contribution in [2.24, 2.45) is 7.05 Å². The summed E-state index contributed by atoms with van der Waals surface area (Å²) in [4.78, 5) is 40.8. The molecule has 0 unspecified atom stereocenters. The van der Waals surface area contributed by atoms with Crippen LogP contribution in [0.25, 0.3) is 11.1 Å². The average Bonchev–Trinajstić information content (AvgIpc) is 3.37. The lowest BCUT2D eigenvalue weighted by Crippen LogP contribution is -2.62. The van der Waals surface area contributed by atoms with Gasteiger partial charge in [-0.05, 0) is 43.0 Å². The Bertz CT molecular complexity index is 1370. The number of carboxylic acid groups (broad SMARTS) is 1. The highest BCUT2D eigenvalue weighted by Crippen LogP contribution is 2.44. The number of aryl methyl sites for hydroxylation is 1. The van der Waals surface area contributed by atoms with Crippen LogP contribution in [0.3, 0.4) is 0 Å². The summed E-state index contributed by atoms with van der Waals surface area (Å²) in [5, 5.41) is 13.6. The van der Waals surface area contributed by atoms with Crippen molar-refractivity contribution in [3.8, 4) is 11.1 Å². The van der Waals surface area contributed by atoms with E-state index in [1.54, 1.807) is 34.0 Å². The third-order valence-electron chi connectivity index (χ3n) is 6.97. The Morgan fingerprint density at radius 1 is 1.03 bits per heavy atom. The van der Waals surface area contributed by atoms with Crippen LogP contribution in [0.4, 0.5) is 9.59 Å². The van der Waals surface area contributed by atoms with Crippen molar-refractivity contribution in [2.45, 2.75) is 44.9 Å². The average molecular weight is 533 g/mol. The number of carboxylic acids is 1. The lowest BCUT2D eigenvalue weighted by Gasteiger charge is -2.44. The maximum absolute atomic E-state index is 13.6. The minimum absolute atomic E-state index is 0.0149. The number of likely N-dealkylation sites (tertiary alicyclic amines) is 1. The molecule has 0 bridgehead atoms. The zero-order chi connectivity index (χ0) is 27.9. The molecule has 10 heteroatoms. The van der Waals surface area contributed by atoms with Gasteiger partial charge in [-0.25, -0.2) is 14.4 Å².